The first-order chi connectivity index (χ1) is 14.0. The summed E-state index contributed by atoms with van der Waals surface area (Å²) in [6, 6.07) is 1.50. The van der Waals surface area contributed by atoms with Crippen molar-refractivity contribution in [3.8, 4) is 0 Å². The number of carbonyl (C=O) groups excluding carboxylic acids is 2. The number of rotatable bonds is 8. The minimum absolute atomic E-state index is 0.00819. The third kappa shape index (κ3) is 7.13. The lowest BCUT2D eigenvalue weighted by atomic mass is 10.2. The van der Waals surface area contributed by atoms with Crippen molar-refractivity contribution in [2.24, 2.45) is 4.99 Å². The second kappa shape index (κ2) is 11.7. The van der Waals surface area contributed by atoms with Crippen molar-refractivity contribution < 1.29 is 24.3 Å². The summed E-state index contributed by atoms with van der Waals surface area (Å²) < 4.78 is 10.6. The van der Waals surface area contributed by atoms with E-state index in [2.05, 4.69) is 21.4 Å². The predicted molar refractivity (Wildman–Crippen MR) is 107 cm³/mol. The lowest BCUT2D eigenvalue weighted by Crippen LogP contribution is -2.34. The van der Waals surface area contributed by atoms with Crippen molar-refractivity contribution in [2.75, 3.05) is 36.5 Å². The van der Waals surface area contributed by atoms with Gasteiger partial charge in [0, 0.05) is 19.2 Å². The summed E-state index contributed by atoms with van der Waals surface area (Å²) in [5.74, 6) is 0.453. The number of carbonyl (C=O) groups is 2. The van der Waals surface area contributed by atoms with Crippen molar-refractivity contribution in [2.45, 2.75) is 46.0 Å². The van der Waals surface area contributed by atoms with Gasteiger partial charge in [-0.05, 0) is 19.3 Å². The minimum Gasteiger partial charge on any atom is -0.449 e. The molecule has 0 unspecified atom stereocenters. The van der Waals surface area contributed by atoms with E-state index in [9.17, 15) is 14.8 Å². The number of hydrogen-bond acceptors (Lipinski definition) is 7. The summed E-state index contributed by atoms with van der Waals surface area (Å²) in [6.07, 6.45) is 6.52. The Hall–Kier alpha value is -3.04. The van der Waals surface area contributed by atoms with Gasteiger partial charge in [-0.1, -0.05) is 38.8 Å². The third-order valence-corrected chi connectivity index (χ3v) is 4.16. The molecule has 160 valence electrons. The predicted octanol–water partition coefficient (Wildman–Crippen LogP) is 3.07. The first kappa shape index (κ1) is 22.3. The molecule has 0 atom stereocenters. The molecule has 29 heavy (non-hydrogen) atoms. The highest BCUT2D eigenvalue weighted by atomic mass is 16.6. The number of aromatic nitrogens is 2. The van der Waals surface area contributed by atoms with Gasteiger partial charge in [0.2, 0.25) is 0 Å². The molecule has 1 aliphatic heterocycles. The SMILES string of the molecule is CCCCOC(=O)/N=c1\nc(N2CC=CCC2)cc(NC(=O)OCCCC)n1O. The highest BCUT2D eigenvalue weighted by Gasteiger charge is 2.16. The first-order valence-electron chi connectivity index (χ1n) is 9.93. The molecule has 0 spiro atoms. The minimum atomic E-state index is -0.860. The first-order valence-corrected chi connectivity index (χ1v) is 9.93. The van der Waals surface area contributed by atoms with Crippen LogP contribution in [-0.2, 0) is 9.47 Å². The van der Waals surface area contributed by atoms with Gasteiger partial charge < -0.3 is 19.6 Å². The quantitative estimate of drug-likeness (QED) is 0.386. The van der Waals surface area contributed by atoms with Gasteiger partial charge in [-0.3, -0.25) is 5.32 Å². The summed E-state index contributed by atoms with van der Waals surface area (Å²) in [5, 5.41) is 12.9. The average molecular weight is 407 g/mol. The Kier molecular flexibility index (Phi) is 9.00. The van der Waals surface area contributed by atoms with Gasteiger partial charge >= 0.3 is 12.2 Å². The lowest BCUT2D eigenvalue weighted by Gasteiger charge is -2.25. The Bertz CT molecular complexity index is 790. The molecule has 0 saturated heterocycles. The number of anilines is 2. The van der Waals surface area contributed by atoms with Crippen molar-refractivity contribution in [1.82, 2.24) is 9.71 Å². The molecule has 10 nitrogen and oxygen atoms in total. The molecule has 0 bridgehead atoms. The van der Waals surface area contributed by atoms with Gasteiger partial charge in [0.25, 0.3) is 5.62 Å². The Morgan fingerprint density at radius 2 is 1.93 bits per heavy atom. The molecule has 0 radical (unpaired) electrons. The van der Waals surface area contributed by atoms with Gasteiger partial charge in [-0.2, -0.15) is 4.98 Å². The number of unbranched alkanes of at least 4 members (excludes halogenated alkanes) is 2. The van der Waals surface area contributed by atoms with Crippen LogP contribution in [0.25, 0.3) is 0 Å². The number of nitrogens with zero attached hydrogens (tertiary/aromatic N) is 4. The highest BCUT2D eigenvalue weighted by Crippen LogP contribution is 2.17. The molecule has 2 amide bonds. The third-order valence-electron chi connectivity index (χ3n) is 4.16. The van der Waals surface area contributed by atoms with E-state index < -0.39 is 12.2 Å². The van der Waals surface area contributed by atoms with Crippen LogP contribution in [-0.4, -0.2) is 53.4 Å². The zero-order chi connectivity index (χ0) is 21.1. The van der Waals surface area contributed by atoms with Gasteiger partial charge in [0.05, 0.1) is 13.2 Å². The van der Waals surface area contributed by atoms with Crippen LogP contribution in [0.15, 0.2) is 23.2 Å². The van der Waals surface area contributed by atoms with Crippen LogP contribution >= 0.6 is 0 Å². The van der Waals surface area contributed by atoms with Gasteiger partial charge in [0.1, 0.15) is 5.82 Å². The summed E-state index contributed by atoms with van der Waals surface area (Å²) in [6.45, 7) is 5.78. The summed E-state index contributed by atoms with van der Waals surface area (Å²) in [7, 11) is 0. The number of hydrogen-bond donors (Lipinski definition) is 2. The van der Waals surface area contributed by atoms with Crippen LogP contribution < -0.4 is 15.8 Å². The molecule has 0 fully saturated rings. The van der Waals surface area contributed by atoms with Gasteiger partial charge in [-0.25, -0.2) is 9.59 Å². The maximum absolute atomic E-state index is 12.0. The molecule has 0 aromatic carbocycles. The summed E-state index contributed by atoms with van der Waals surface area (Å²) in [5.41, 5.74) is -0.289. The van der Waals surface area contributed by atoms with Crippen molar-refractivity contribution in [1.29, 1.82) is 0 Å². The fourth-order valence-electron chi connectivity index (χ4n) is 2.51. The monoisotopic (exact) mass is 407 g/mol. The van der Waals surface area contributed by atoms with Crippen molar-refractivity contribution in [3.05, 3.63) is 23.8 Å². The van der Waals surface area contributed by atoms with E-state index in [1.165, 1.54) is 6.07 Å². The molecule has 1 aliphatic rings. The zero-order valence-electron chi connectivity index (χ0n) is 17.0. The van der Waals surface area contributed by atoms with E-state index >= 15 is 0 Å². The van der Waals surface area contributed by atoms with E-state index in [0.717, 1.165) is 25.7 Å². The van der Waals surface area contributed by atoms with Crippen LogP contribution in [0.2, 0.25) is 0 Å². The van der Waals surface area contributed by atoms with E-state index in [0.29, 0.717) is 30.1 Å². The molecule has 2 rings (SSSR count). The molecule has 0 saturated carbocycles. The van der Waals surface area contributed by atoms with E-state index in [-0.39, 0.29) is 24.6 Å². The van der Waals surface area contributed by atoms with Crippen LogP contribution in [0.5, 0.6) is 0 Å². The van der Waals surface area contributed by atoms with Gasteiger partial charge in [-0.15, -0.1) is 9.72 Å². The Morgan fingerprint density at radius 1 is 1.21 bits per heavy atom. The molecular formula is C19H29N5O5. The Labute approximate surface area is 169 Å². The largest absolute Gasteiger partial charge is 0.449 e. The zero-order valence-corrected chi connectivity index (χ0v) is 17.0. The van der Waals surface area contributed by atoms with Crippen molar-refractivity contribution in [3.63, 3.8) is 0 Å². The Balaban J connectivity index is 2.29. The maximum Gasteiger partial charge on any atom is 0.437 e. The molecule has 1 aromatic rings. The van der Waals surface area contributed by atoms with Crippen LogP contribution in [0.1, 0.15) is 46.0 Å². The molecule has 2 heterocycles. The summed E-state index contributed by atoms with van der Waals surface area (Å²) in [4.78, 5) is 33.9. The second-order valence-electron chi connectivity index (χ2n) is 6.51. The molecule has 10 heteroatoms. The van der Waals surface area contributed by atoms with Crippen LogP contribution in [0, 0.1) is 0 Å². The maximum atomic E-state index is 12.0. The number of ether oxygens (including phenoxy) is 2. The highest BCUT2D eigenvalue weighted by molar-refractivity contribution is 5.83. The average Bonchev–Trinajstić information content (AvgIpc) is 2.72. The topological polar surface area (TPSA) is 118 Å². The fraction of sp³-hybridized carbons (Fsp3) is 0.579. The number of amides is 2. The number of nitrogens with one attached hydrogen (secondary N) is 1. The van der Waals surface area contributed by atoms with E-state index in [1.54, 1.807) is 0 Å². The van der Waals surface area contributed by atoms with Crippen LogP contribution in [0.3, 0.4) is 0 Å². The van der Waals surface area contributed by atoms with Gasteiger partial charge in [0.15, 0.2) is 5.82 Å². The van der Waals surface area contributed by atoms with E-state index in [1.807, 2.05) is 24.8 Å². The molecule has 1 aromatic heterocycles. The molecule has 2 N–H and O–H groups in total. The van der Waals surface area contributed by atoms with E-state index in [4.69, 9.17) is 9.47 Å². The smallest absolute Gasteiger partial charge is 0.437 e. The van der Waals surface area contributed by atoms with Crippen LogP contribution in [0.4, 0.5) is 21.2 Å². The summed E-state index contributed by atoms with van der Waals surface area (Å²) >= 11 is 0. The van der Waals surface area contributed by atoms with Crippen molar-refractivity contribution >= 4 is 23.8 Å². The normalized spacial score (nSPS) is 14.0. The molecular weight excluding hydrogens is 378 g/mol. The fourth-order valence-corrected chi connectivity index (χ4v) is 2.51. The standard InChI is InChI=1S/C19H29N5O5/c1-3-5-12-28-18(25)21-16-14-15(23-10-8-7-9-11-23)20-17(24(16)27)22-19(26)29-13-6-4-2/h7-8,14,27H,3-6,9-13H2,1-2H3,(H,21,25)/b22-17+. The Morgan fingerprint density at radius 3 is 2.59 bits per heavy atom. The lowest BCUT2D eigenvalue weighted by molar-refractivity contribution is 0.145. The second-order valence-corrected chi connectivity index (χ2v) is 6.51. The molecule has 0 aliphatic carbocycles.